The Labute approximate surface area is 164 Å². The maximum atomic E-state index is 12.9. The molecule has 29 heavy (non-hydrogen) atoms. The van der Waals surface area contributed by atoms with E-state index in [4.69, 9.17) is 0 Å². The Morgan fingerprint density at radius 2 is 1.66 bits per heavy atom. The molecule has 0 fully saturated rings. The summed E-state index contributed by atoms with van der Waals surface area (Å²) in [6, 6.07) is 13.2. The largest absolute Gasteiger partial charge is 0.416 e. The van der Waals surface area contributed by atoms with Crippen molar-refractivity contribution >= 4 is 32.2 Å². The van der Waals surface area contributed by atoms with Crippen molar-refractivity contribution < 1.29 is 26.4 Å². The van der Waals surface area contributed by atoms with Crippen molar-refractivity contribution in [3.8, 4) is 0 Å². The number of carbonyl (C=O) groups is 1. The molecule has 3 aromatic rings. The number of rotatable bonds is 5. The lowest BCUT2D eigenvalue weighted by molar-refractivity contribution is -0.137. The first-order valence-corrected chi connectivity index (χ1v) is 9.65. The molecule has 0 saturated carbocycles. The Balaban J connectivity index is 1.87. The molecule has 2 N–H and O–H groups in total. The molecule has 150 valence electrons. The lowest BCUT2D eigenvalue weighted by atomic mass is 10.2. The van der Waals surface area contributed by atoms with Crippen LogP contribution in [0.2, 0.25) is 0 Å². The second kappa shape index (κ2) is 7.92. The van der Waals surface area contributed by atoms with E-state index in [0.717, 1.165) is 18.3 Å². The number of nitrogens with zero attached hydrogens (tertiary/aromatic N) is 1. The number of alkyl halides is 3. The summed E-state index contributed by atoms with van der Waals surface area (Å²) >= 11 is 0. The molecule has 3 rings (SSSR count). The molecule has 0 spiro atoms. The molecule has 0 atom stereocenters. The molecule has 0 aliphatic rings. The van der Waals surface area contributed by atoms with E-state index >= 15 is 0 Å². The number of aromatic nitrogens is 1. The average molecular weight is 421 g/mol. The molecule has 6 nitrogen and oxygen atoms in total. The summed E-state index contributed by atoms with van der Waals surface area (Å²) in [7, 11) is -4.46. The second-order valence-electron chi connectivity index (χ2n) is 5.88. The topological polar surface area (TPSA) is 88.2 Å². The van der Waals surface area contributed by atoms with E-state index < -0.39 is 26.9 Å². The molecule has 0 aliphatic carbocycles. The number of benzene rings is 2. The number of anilines is 3. The average Bonchev–Trinajstić information content (AvgIpc) is 2.69. The highest BCUT2D eigenvalue weighted by atomic mass is 32.2. The minimum atomic E-state index is -4.53. The summed E-state index contributed by atoms with van der Waals surface area (Å²) in [6.45, 7) is 0. The molecule has 0 unspecified atom stereocenters. The molecule has 0 aliphatic heterocycles. The minimum Gasteiger partial charge on any atom is -0.354 e. The molecule has 10 heteroatoms. The predicted octanol–water partition coefficient (Wildman–Crippen LogP) is 4.43. The molecular weight excluding hydrogens is 407 g/mol. The summed E-state index contributed by atoms with van der Waals surface area (Å²) in [5.74, 6) is 0. The lowest BCUT2D eigenvalue weighted by Crippen LogP contribution is -2.23. The van der Waals surface area contributed by atoms with E-state index in [9.17, 15) is 26.4 Å². The van der Waals surface area contributed by atoms with Crippen LogP contribution in [0.15, 0.2) is 73.1 Å². The standard InChI is InChI=1S/C19H14F3N3O3S/c20-19(21,22)14-7-4-8-15(11-14)24-16-9-10-23-12-17(16)25-29(27,28)18(26)13-5-2-1-3-6-13/h1-12,25H,(H,23,24). The highest BCUT2D eigenvalue weighted by Gasteiger charge is 2.30. The number of halogens is 3. The summed E-state index contributed by atoms with van der Waals surface area (Å²) in [4.78, 5) is 16.1. The normalized spacial score (nSPS) is 11.7. The fourth-order valence-electron chi connectivity index (χ4n) is 2.43. The van der Waals surface area contributed by atoms with Crippen LogP contribution in [-0.4, -0.2) is 18.5 Å². The van der Waals surface area contributed by atoms with Gasteiger partial charge in [0.25, 0.3) is 5.12 Å². The predicted molar refractivity (Wildman–Crippen MR) is 102 cm³/mol. The summed E-state index contributed by atoms with van der Waals surface area (Å²) in [5, 5.41) is 1.56. The summed E-state index contributed by atoms with van der Waals surface area (Å²) < 4.78 is 65.7. The van der Waals surface area contributed by atoms with Crippen LogP contribution in [0.5, 0.6) is 0 Å². The van der Waals surface area contributed by atoms with Gasteiger partial charge in [-0.3, -0.25) is 14.5 Å². The van der Waals surface area contributed by atoms with Crippen LogP contribution in [-0.2, 0) is 16.2 Å². The maximum Gasteiger partial charge on any atom is 0.416 e. The Morgan fingerprint density at radius 3 is 2.34 bits per heavy atom. The number of nitrogens with one attached hydrogen (secondary N) is 2. The quantitative estimate of drug-likeness (QED) is 0.637. The zero-order valence-corrected chi connectivity index (χ0v) is 15.5. The van der Waals surface area contributed by atoms with Crippen LogP contribution >= 0.6 is 0 Å². The number of pyridine rings is 1. The van der Waals surface area contributed by atoms with Crippen molar-refractivity contribution in [1.82, 2.24) is 4.98 Å². The number of hydrogen-bond acceptors (Lipinski definition) is 5. The van der Waals surface area contributed by atoms with E-state index in [-0.39, 0.29) is 22.6 Å². The van der Waals surface area contributed by atoms with Gasteiger partial charge in [-0.05, 0) is 24.3 Å². The Morgan fingerprint density at radius 1 is 0.931 bits per heavy atom. The van der Waals surface area contributed by atoms with Crippen molar-refractivity contribution in [2.45, 2.75) is 6.18 Å². The first-order chi connectivity index (χ1) is 13.7. The fraction of sp³-hybridized carbons (Fsp3) is 0.0526. The molecule has 1 aromatic heterocycles. The monoisotopic (exact) mass is 421 g/mol. The van der Waals surface area contributed by atoms with Gasteiger partial charge >= 0.3 is 16.2 Å². The Bertz CT molecular complexity index is 1130. The van der Waals surface area contributed by atoms with Crippen molar-refractivity contribution in [2.75, 3.05) is 10.0 Å². The summed E-state index contributed by atoms with van der Waals surface area (Å²) in [5.41, 5.74) is -0.770. The molecular formula is C19H14F3N3O3S. The number of hydrogen-bond donors (Lipinski definition) is 2. The molecule has 0 radical (unpaired) electrons. The van der Waals surface area contributed by atoms with Gasteiger partial charge in [-0.2, -0.15) is 21.6 Å². The maximum absolute atomic E-state index is 12.9. The van der Waals surface area contributed by atoms with E-state index in [2.05, 4.69) is 15.0 Å². The van der Waals surface area contributed by atoms with Crippen LogP contribution < -0.4 is 10.0 Å². The van der Waals surface area contributed by atoms with E-state index in [1.54, 1.807) is 6.07 Å². The van der Waals surface area contributed by atoms with E-state index in [0.29, 0.717) is 0 Å². The SMILES string of the molecule is O=C(c1ccccc1)S(=O)(=O)Nc1cnccc1Nc1cccc(C(F)(F)F)c1. The molecule has 0 saturated heterocycles. The van der Waals surface area contributed by atoms with Crippen molar-refractivity contribution in [1.29, 1.82) is 0 Å². The second-order valence-corrected chi connectivity index (χ2v) is 7.47. The number of sulfonamides is 1. The van der Waals surface area contributed by atoms with Crippen LogP contribution in [0.4, 0.5) is 30.2 Å². The van der Waals surface area contributed by atoms with Crippen molar-refractivity contribution in [2.24, 2.45) is 0 Å². The first kappa shape index (κ1) is 20.3. The third-order valence-corrected chi connectivity index (χ3v) is 5.00. The zero-order chi connectivity index (χ0) is 21.1. The van der Waals surface area contributed by atoms with Gasteiger partial charge in [0.05, 0.1) is 23.1 Å². The van der Waals surface area contributed by atoms with Crippen LogP contribution in [0.25, 0.3) is 0 Å². The lowest BCUT2D eigenvalue weighted by Gasteiger charge is -2.14. The van der Waals surface area contributed by atoms with Crippen molar-refractivity contribution in [3.05, 3.63) is 84.2 Å². The fourth-order valence-corrected chi connectivity index (χ4v) is 3.43. The van der Waals surface area contributed by atoms with Gasteiger partial charge in [0.15, 0.2) is 0 Å². The highest BCUT2D eigenvalue weighted by molar-refractivity contribution is 8.07. The number of carbonyl (C=O) groups excluding carboxylic acids is 1. The highest BCUT2D eigenvalue weighted by Crippen LogP contribution is 2.32. The van der Waals surface area contributed by atoms with Gasteiger partial charge in [0.2, 0.25) is 0 Å². The third-order valence-electron chi connectivity index (χ3n) is 3.79. The van der Waals surface area contributed by atoms with Crippen LogP contribution in [0.1, 0.15) is 15.9 Å². The van der Waals surface area contributed by atoms with E-state index in [1.165, 1.54) is 48.7 Å². The third kappa shape index (κ3) is 4.91. The smallest absolute Gasteiger partial charge is 0.354 e. The molecule has 0 amide bonds. The van der Waals surface area contributed by atoms with Gasteiger partial charge in [0.1, 0.15) is 0 Å². The minimum absolute atomic E-state index is 0.0312. The van der Waals surface area contributed by atoms with Crippen LogP contribution in [0.3, 0.4) is 0 Å². The van der Waals surface area contributed by atoms with Gasteiger partial charge in [0, 0.05) is 17.4 Å². The van der Waals surface area contributed by atoms with Gasteiger partial charge < -0.3 is 5.32 Å². The molecule has 0 bridgehead atoms. The Hall–Kier alpha value is -3.40. The molecule has 2 aromatic carbocycles. The molecule has 1 heterocycles. The van der Waals surface area contributed by atoms with Crippen LogP contribution in [0, 0.1) is 0 Å². The van der Waals surface area contributed by atoms with Crippen molar-refractivity contribution in [3.63, 3.8) is 0 Å². The van der Waals surface area contributed by atoms with Gasteiger partial charge in [-0.1, -0.05) is 36.4 Å². The first-order valence-electron chi connectivity index (χ1n) is 8.17. The summed E-state index contributed by atoms with van der Waals surface area (Å²) in [6.07, 6.45) is -2.05. The van der Waals surface area contributed by atoms with Gasteiger partial charge in [-0.15, -0.1) is 0 Å². The zero-order valence-electron chi connectivity index (χ0n) is 14.6. The van der Waals surface area contributed by atoms with Gasteiger partial charge in [-0.25, -0.2) is 0 Å². The van der Waals surface area contributed by atoms with E-state index in [1.807, 2.05) is 0 Å². The Kier molecular flexibility index (Phi) is 5.55.